The summed E-state index contributed by atoms with van der Waals surface area (Å²) in [5, 5.41) is 0. The van der Waals surface area contributed by atoms with Gasteiger partial charge in [0.2, 0.25) is 0 Å². The molecule has 0 aliphatic heterocycles. The van der Waals surface area contributed by atoms with Crippen molar-refractivity contribution in [3.8, 4) is 5.75 Å². The van der Waals surface area contributed by atoms with E-state index in [4.69, 9.17) is 10.5 Å². The Labute approximate surface area is 102 Å². The molecule has 0 spiro atoms. The smallest absolute Gasteiger partial charge is 0.165 e. The number of methoxy groups -OCH3 is 1. The highest BCUT2D eigenvalue weighted by Gasteiger charge is 2.29. The highest BCUT2D eigenvalue weighted by atomic mass is 19.1. The average molecular weight is 240 g/mol. The first-order valence-electron chi connectivity index (χ1n) is 5.56. The second-order valence-corrected chi connectivity index (χ2v) is 5.08. The van der Waals surface area contributed by atoms with Crippen LogP contribution in [-0.4, -0.2) is 31.6 Å². The van der Waals surface area contributed by atoms with E-state index in [1.165, 1.54) is 13.2 Å². The molecule has 0 amide bonds. The van der Waals surface area contributed by atoms with Gasteiger partial charge in [-0.05, 0) is 45.6 Å². The van der Waals surface area contributed by atoms with Gasteiger partial charge in [0.15, 0.2) is 11.6 Å². The van der Waals surface area contributed by atoms with Gasteiger partial charge in [-0.3, -0.25) is 0 Å². The number of nitrogens with zero attached hydrogens (tertiary/aromatic N) is 1. The van der Waals surface area contributed by atoms with E-state index in [0.29, 0.717) is 0 Å². The number of hydrogen-bond acceptors (Lipinski definition) is 3. The minimum atomic E-state index is -0.454. The van der Waals surface area contributed by atoms with Gasteiger partial charge >= 0.3 is 0 Å². The molecule has 0 fully saturated rings. The average Bonchev–Trinajstić information content (AvgIpc) is 2.15. The van der Waals surface area contributed by atoms with Gasteiger partial charge in [0.1, 0.15) is 0 Å². The Morgan fingerprint density at radius 2 is 1.94 bits per heavy atom. The number of halogens is 1. The normalized spacial score (nSPS) is 13.9. The lowest BCUT2D eigenvalue weighted by atomic mass is 9.88. The Morgan fingerprint density at radius 1 is 1.35 bits per heavy atom. The van der Waals surface area contributed by atoms with E-state index >= 15 is 0 Å². The van der Waals surface area contributed by atoms with Crippen molar-refractivity contribution in [2.45, 2.75) is 25.4 Å². The molecule has 0 radical (unpaired) electrons. The Balaban J connectivity index is 3.17. The van der Waals surface area contributed by atoms with E-state index in [-0.39, 0.29) is 17.6 Å². The lowest BCUT2D eigenvalue weighted by Crippen LogP contribution is -2.45. The first-order chi connectivity index (χ1) is 7.77. The lowest BCUT2D eigenvalue weighted by molar-refractivity contribution is 0.204. The number of ether oxygens (including phenoxy) is 1. The van der Waals surface area contributed by atoms with E-state index in [1.807, 2.05) is 38.9 Å². The Bertz CT molecular complexity index is 385. The zero-order valence-electron chi connectivity index (χ0n) is 11.1. The molecule has 17 heavy (non-hydrogen) atoms. The Morgan fingerprint density at radius 3 is 2.29 bits per heavy atom. The number of nitrogens with two attached hydrogens (primary N) is 1. The molecule has 0 aliphatic rings. The summed E-state index contributed by atoms with van der Waals surface area (Å²) in [6, 6.07) is 4.91. The summed E-state index contributed by atoms with van der Waals surface area (Å²) in [5.74, 6) is -0.109. The van der Waals surface area contributed by atoms with E-state index in [0.717, 1.165) is 5.56 Å². The van der Waals surface area contributed by atoms with Crippen LogP contribution in [0.25, 0.3) is 0 Å². The summed E-state index contributed by atoms with van der Waals surface area (Å²) in [5.41, 5.74) is 6.53. The predicted molar refractivity (Wildman–Crippen MR) is 67.6 cm³/mol. The fourth-order valence-corrected chi connectivity index (χ4v) is 2.25. The molecule has 2 N–H and O–H groups in total. The highest BCUT2D eigenvalue weighted by Crippen LogP contribution is 2.30. The molecular weight excluding hydrogens is 219 g/mol. The molecule has 0 saturated carbocycles. The van der Waals surface area contributed by atoms with Crippen molar-refractivity contribution in [2.75, 3.05) is 21.2 Å². The van der Waals surface area contributed by atoms with Crippen LogP contribution in [0.2, 0.25) is 0 Å². The van der Waals surface area contributed by atoms with Crippen LogP contribution in [-0.2, 0) is 0 Å². The summed E-state index contributed by atoms with van der Waals surface area (Å²) in [6.45, 7) is 3.86. The monoisotopic (exact) mass is 240 g/mol. The van der Waals surface area contributed by atoms with Crippen molar-refractivity contribution >= 4 is 0 Å². The summed E-state index contributed by atoms with van der Waals surface area (Å²) < 4.78 is 18.6. The second-order valence-electron chi connectivity index (χ2n) is 5.08. The summed E-state index contributed by atoms with van der Waals surface area (Å²) in [7, 11) is 5.32. The van der Waals surface area contributed by atoms with Gasteiger partial charge in [0.25, 0.3) is 0 Å². The standard InChI is InChI=1S/C13H21FN2O/c1-13(2,15)12(16(3)4)9-6-7-11(17-5)10(14)8-9/h6-8,12H,15H2,1-5H3. The van der Waals surface area contributed by atoms with Crippen molar-refractivity contribution in [3.05, 3.63) is 29.6 Å². The number of benzene rings is 1. The van der Waals surface area contributed by atoms with E-state index < -0.39 is 5.54 Å². The third-order valence-electron chi connectivity index (χ3n) is 2.71. The number of hydrogen-bond donors (Lipinski definition) is 1. The quantitative estimate of drug-likeness (QED) is 0.876. The summed E-state index contributed by atoms with van der Waals surface area (Å²) in [4.78, 5) is 1.99. The van der Waals surface area contributed by atoms with Crippen LogP contribution in [0.1, 0.15) is 25.5 Å². The maximum absolute atomic E-state index is 13.7. The maximum atomic E-state index is 13.7. The summed E-state index contributed by atoms with van der Waals surface area (Å²) >= 11 is 0. The van der Waals surface area contributed by atoms with Gasteiger partial charge in [0, 0.05) is 5.54 Å². The van der Waals surface area contributed by atoms with Crippen LogP contribution in [0.5, 0.6) is 5.75 Å². The van der Waals surface area contributed by atoms with Gasteiger partial charge in [-0.2, -0.15) is 0 Å². The molecule has 0 heterocycles. The topological polar surface area (TPSA) is 38.5 Å². The molecule has 0 aliphatic carbocycles. The zero-order chi connectivity index (χ0) is 13.2. The molecule has 0 bridgehead atoms. The van der Waals surface area contributed by atoms with Crippen molar-refractivity contribution in [1.82, 2.24) is 4.90 Å². The largest absolute Gasteiger partial charge is 0.494 e. The molecule has 3 nitrogen and oxygen atoms in total. The first-order valence-corrected chi connectivity index (χ1v) is 5.56. The van der Waals surface area contributed by atoms with Crippen molar-refractivity contribution in [3.63, 3.8) is 0 Å². The number of likely N-dealkylation sites (N-methyl/N-ethyl adjacent to an activating group) is 1. The number of rotatable bonds is 4. The van der Waals surface area contributed by atoms with Crippen molar-refractivity contribution in [2.24, 2.45) is 5.73 Å². The highest BCUT2D eigenvalue weighted by molar-refractivity contribution is 5.32. The van der Waals surface area contributed by atoms with E-state index in [9.17, 15) is 4.39 Å². The van der Waals surface area contributed by atoms with Crippen LogP contribution in [0, 0.1) is 5.82 Å². The Hall–Kier alpha value is -1.13. The fourth-order valence-electron chi connectivity index (χ4n) is 2.25. The predicted octanol–water partition coefficient (Wildman–Crippen LogP) is 2.17. The Kier molecular flexibility index (Phi) is 4.11. The van der Waals surface area contributed by atoms with Gasteiger partial charge in [0.05, 0.1) is 13.2 Å². The van der Waals surface area contributed by atoms with Crippen LogP contribution < -0.4 is 10.5 Å². The molecular formula is C13H21FN2O. The lowest BCUT2D eigenvalue weighted by Gasteiger charge is -2.36. The van der Waals surface area contributed by atoms with Gasteiger partial charge in [-0.15, -0.1) is 0 Å². The molecule has 1 aromatic rings. The molecule has 0 aromatic heterocycles. The molecule has 4 heteroatoms. The second kappa shape index (κ2) is 5.02. The van der Waals surface area contributed by atoms with E-state index in [2.05, 4.69) is 0 Å². The SMILES string of the molecule is COc1ccc(C(N(C)C)C(C)(C)N)cc1F. The molecule has 1 aromatic carbocycles. The fraction of sp³-hybridized carbons (Fsp3) is 0.538. The molecule has 1 unspecified atom stereocenters. The van der Waals surface area contributed by atoms with Gasteiger partial charge in [-0.25, -0.2) is 4.39 Å². The maximum Gasteiger partial charge on any atom is 0.165 e. The molecule has 96 valence electrons. The first kappa shape index (κ1) is 13.9. The van der Waals surface area contributed by atoms with Gasteiger partial charge < -0.3 is 15.4 Å². The van der Waals surface area contributed by atoms with Crippen molar-refractivity contribution in [1.29, 1.82) is 0 Å². The minimum Gasteiger partial charge on any atom is -0.494 e. The molecule has 0 saturated heterocycles. The van der Waals surface area contributed by atoms with E-state index in [1.54, 1.807) is 6.07 Å². The van der Waals surface area contributed by atoms with Crippen molar-refractivity contribution < 1.29 is 9.13 Å². The van der Waals surface area contributed by atoms with Crippen LogP contribution in [0.4, 0.5) is 4.39 Å². The van der Waals surface area contributed by atoms with Crippen LogP contribution >= 0.6 is 0 Å². The third-order valence-corrected chi connectivity index (χ3v) is 2.71. The molecule has 1 atom stereocenters. The molecule has 1 rings (SSSR count). The zero-order valence-corrected chi connectivity index (χ0v) is 11.1. The summed E-state index contributed by atoms with van der Waals surface area (Å²) in [6.07, 6.45) is 0. The van der Waals surface area contributed by atoms with Gasteiger partial charge in [-0.1, -0.05) is 6.07 Å². The third kappa shape index (κ3) is 3.17. The van der Waals surface area contributed by atoms with Crippen LogP contribution in [0.15, 0.2) is 18.2 Å². The minimum absolute atomic E-state index is 0.0529. The van der Waals surface area contributed by atoms with Crippen LogP contribution in [0.3, 0.4) is 0 Å².